The van der Waals surface area contributed by atoms with Crippen molar-refractivity contribution in [3.63, 3.8) is 0 Å². The van der Waals surface area contributed by atoms with Crippen LogP contribution in [0.4, 0.5) is 9.18 Å². The Balaban J connectivity index is 1.86. The van der Waals surface area contributed by atoms with Gasteiger partial charge in [-0.15, -0.1) is 0 Å². The summed E-state index contributed by atoms with van der Waals surface area (Å²) in [6.45, 7) is 1.65. The van der Waals surface area contributed by atoms with Gasteiger partial charge in [0.15, 0.2) is 0 Å². The molecular formula is C16H16FN3O2. The van der Waals surface area contributed by atoms with E-state index < -0.39 is 23.8 Å². The second-order valence-electron chi connectivity index (χ2n) is 4.66. The lowest BCUT2D eigenvalue weighted by molar-refractivity contribution is 0.0936. The topological polar surface area (TPSA) is 70.2 Å². The Labute approximate surface area is 127 Å². The zero-order valence-electron chi connectivity index (χ0n) is 12.0. The number of urea groups is 1. The summed E-state index contributed by atoms with van der Waals surface area (Å²) in [5.41, 5.74) is 5.29. The first kappa shape index (κ1) is 15.5. The Morgan fingerprint density at radius 3 is 2.27 bits per heavy atom. The third kappa shape index (κ3) is 4.05. The van der Waals surface area contributed by atoms with Crippen LogP contribution in [-0.4, -0.2) is 11.9 Å². The summed E-state index contributed by atoms with van der Waals surface area (Å²) in [6, 6.07) is 13.5. The van der Waals surface area contributed by atoms with Crippen molar-refractivity contribution in [2.75, 3.05) is 0 Å². The molecule has 2 aromatic rings. The van der Waals surface area contributed by atoms with Gasteiger partial charge in [-0.2, -0.15) is 0 Å². The molecule has 0 unspecified atom stereocenters. The smallest absolute Gasteiger partial charge is 0.330 e. The van der Waals surface area contributed by atoms with Gasteiger partial charge in [0.05, 0.1) is 6.04 Å². The van der Waals surface area contributed by atoms with Gasteiger partial charge in [-0.3, -0.25) is 10.2 Å². The van der Waals surface area contributed by atoms with Crippen LogP contribution in [0.5, 0.6) is 0 Å². The first-order chi connectivity index (χ1) is 10.6. The Morgan fingerprint density at radius 2 is 1.59 bits per heavy atom. The fourth-order valence-electron chi connectivity index (χ4n) is 1.91. The SMILES string of the molecule is C[C@H](NC(=O)NNC(=O)c1ccccc1)c1ccccc1F. The van der Waals surface area contributed by atoms with Crippen LogP contribution in [0.15, 0.2) is 54.6 Å². The molecule has 0 saturated heterocycles. The van der Waals surface area contributed by atoms with E-state index in [-0.39, 0.29) is 0 Å². The molecule has 0 radical (unpaired) electrons. The zero-order valence-corrected chi connectivity index (χ0v) is 12.0. The highest BCUT2D eigenvalue weighted by atomic mass is 19.1. The van der Waals surface area contributed by atoms with Crippen LogP contribution >= 0.6 is 0 Å². The van der Waals surface area contributed by atoms with E-state index >= 15 is 0 Å². The van der Waals surface area contributed by atoms with E-state index in [9.17, 15) is 14.0 Å². The molecule has 22 heavy (non-hydrogen) atoms. The fraction of sp³-hybridized carbons (Fsp3) is 0.125. The van der Waals surface area contributed by atoms with E-state index in [1.165, 1.54) is 6.07 Å². The van der Waals surface area contributed by atoms with Crippen LogP contribution in [-0.2, 0) is 0 Å². The fourth-order valence-corrected chi connectivity index (χ4v) is 1.91. The van der Waals surface area contributed by atoms with E-state index in [4.69, 9.17) is 0 Å². The monoisotopic (exact) mass is 301 g/mol. The summed E-state index contributed by atoms with van der Waals surface area (Å²) in [7, 11) is 0. The number of hydrogen-bond donors (Lipinski definition) is 3. The van der Waals surface area contributed by atoms with Crippen LogP contribution in [0.1, 0.15) is 28.9 Å². The van der Waals surface area contributed by atoms with Crippen molar-refractivity contribution in [3.8, 4) is 0 Å². The van der Waals surface area contributed by atoms with E-state index in [1.807, 2.05) is 0 Å². The standard InChI is InChI=1S/C16H16FN3O2/c1-11(13-9-5-6-10-14(13)17)18-16(22)20-19-15(21)12-7-3-2-4-8-12/h2-11H,1H3,(H,19,21)(H2,18,20,22)/t11-/m0/s1. The molecule has 3 N–H and O–H groups in total. The Bertz CT molecular complexity index is 661. The van der Waals surface area contributed by atoms with Gasteiger partial charge in [0.2, 0.25) is 0 Å². The molecule has 114 valence electrons. The minimum atomic E-state index is -0.625. The highest BCUT2D eigenvalue weighted by Gasteiger charge is 2.13. The van der Waals surface area contributed by atoms with Crippen molar-refractivity contribution in [2.45, 2.75) is 13.0 Å². The molecule has 0 fully saturated rings. The summed E-state index contributed by atoms with van der Waals surface area (Å²) >= 11 is 0. The largest absolute Gasteiger partial charge is 0.333 e. The van der Waals surface area contributed by atoms with Crippen molar-refractivity contribution in [2.24, 2.45) is 0 Å². The van der Waals surface area contributed by atoms with Crippen LogP contribution < -0.4 is 16.2 Å². The lowest BCUT2D eigenvalue weighted by Crippen LogP contribution is -2.47. The third-order valence-corrected chi connectivity index (χ3v) is 3.04. The molecule has 0 spiro atoms. The van der Waals surface area contributed by atoms with Gasteiger partial charge in [-0.05, 0) is 25.1 Å². The van der Waals surface area contributed by atoms with Crippen LogP contribution in [0, 0.1) is 5.82 Å². The van der Waals surface area contributed by atoms with Crippen molar-refractivity contribution in [1.29, 1.82) is 0 Å². The van der Waals surface area contributed by atoms with Crippen LogP contribution in [0.25, 0.3) is 0 Å². The van der Waals surface area contributed by atoms with Crippen LogP contribution in [0.2, 0.25) is 0 Å². The minimum absolute atomic E-state index is 0.368. The maximum absolute atomic E-state index is 13.6. The summed E-state index contributed by atoms with van der Waals surface area (Å²) in [6.07, 6.45) is 0. The lowest BCUT2D eigenvalue weighted by Gasteiger charge is -2.16. The number of carbonyl (C=O) groups excluding carboxylic acids is 2. The third-order valence-electron chi connectivity index (χ3n) is 3.04. The molecule has 0 bridgehead atoms. The molecule has 5 nitrogen and oxygen atoms in total. The van der Waals surface area contributed by atoms with Gasteiger partial charge in [-0.1, -0.05) is 36.4 Å². The molecule has 0 saturated carbocycles. The van der Waals surface area contributed by atoms with Gasteiger partial charge in [0, 0.05) is 11.1 Å². The molecule has 0 heterocycles. The molecule has 0 aliphatic carbocycles. The van der Waals surface area contributed by atoms with Crippen molar-refractivity contribution >= 4 is 11.9 Å². The van der Waals surface area contributed by atoms with Crippen molar-refractivity contribution < 1.29 is 14.0 Å². The molecule has 0 aliphatic heterocycles. The Morgan fingerprint density at radius 1 is 0.955 bits per heavy atom. The number of carbonyl (C=O) groups is 2. The summed E-state index contributed by atoms with van der Waals surface area (Å²) in [5.74, 6) is -0.835. The van der Waals surface area contributed by atoms with E-state index in [0.717, 1.165) is 0 Å². The minimum Gasteiger partial charge on any atom is -0.330 e. The molecule has 0 aromatic heterocycles. The number of hydrazine groups is 1. The summed E-state index contributed by atoms with van der Waals surface area (Å²) < 4.78 is 13.6. The number of hydrogen-bond acceptors (Lipinski definition) is 2. The molecule has 3 amide bonds. The number of halogens is 1. The van der Waals surface area contributed by atoms with Gasteiger partial charge < -0.3 is 5.32 Å². The highest BCUT2D eigenvalue weighted by Crippen LogP contribution is 2.15. The summed E-state index contributed by atoms with van der Waals surface area (Å²) in [5, 5.41) is 2.54. The summed E-state index contributed by atoms with van der Waals surface area (Å²) in [4.78, 5) is 23.5. The zero-order chi connectivity index (χ0) is 15.9. The van der Waals surface area contributed by atoms with E-state index in [2.05, 4.69) is 16.2 Å². The van der Waals surface area contributed by atoms with Crippen molar-refractivity contribution in [1.82, 2.24) is 16.2 Å². The maximum Gasteiger partial charge on any atom is 0.333 e. The highest BCUT2D eigenvalue weighted by molar-refractivity contribution is 5.95. The Hall–Kier alpha value is -2.89. The normalized spacial score (nSPS) is 11.4. The van der Waals surface area contributed by atoms with Gasteiger partial charge in [0.1, 0.15) is 5.82 Å². The second kappa shape index (κ2) is 7.21. The second-order valence-corrected chi connectivity index (χ2v) is 4.66. The number of rotatable bonds is 3. The predicted octanol–water partition coefficient (Wildman–Crippen LogP) is 2.53. The first-order valence-electron chi connectivity index (χ1n) is 6.74. The lowest BCUT2D eigenvalue weighted by atomic mass is 10.1. The maximum atomic E-state index is 13.6. The van der Waals surface area contributed by atoms with Crippen LogP contribution in [0.3, 0.4) is 0 Å². The number of nitrogens with one attached hydrogen (secondary N) is 3. The number of benzene rings is 2. The molecule has 6 heteroatoms. The van der Waals surface area contributed by atoms with E-state index in [0.29, 0.717) is 11.1 Å². The van der Waals surface area contributed by atoms with Gasteiger partial charge in [-0.25, -0.2) is 14.6 Å². The molecule has 2 aromatic carbocycles. The van der Waals surface area contributed by atoms with E-state index in [1.54, 1.807) is 55.5 Å². The average Bonchev–Trinajstić information content (AvgIpc) is 2.53. The van der Waals surface area contributed by atoms with Gasteiger partial charge in [0.25, 0.3) is 5.91 Å². The first-order valence-corrected chi connectivity index (χ1v) is 6.74. The predicted molar refractivity (Wildman–Crippen MR) is 80.4 cm³/mol. The van der Waals surface area contributed by atoms with Crippen molar-refractivity contribution in [3.05, 3.63) is 71.5 Å². The molecule has 2 rings (SSSR count). The quantitative estimate of drug-likeness (QED) is 0.762. The molecular weight excluding hydrogens is 285 g/mol. The molecule has 0 aliphatic rings. The van der Waals surface area contributed by atoms with Gasteiger partial charge >= 0.3 is 6.03 Å². The molecule has 1 atom stereocenters. The Kier molecular flexibility index (Phi) is 5.08. The number of amides is 3. The average molecular weight is 301 g/mol.